The summed E-state index contributed by atoms with van der Waals surface area (Å²) in [7, 11) is 0. The second-order valence-corrected chi connectivity index (χ2v) is 4.40. The molecule has 96 valence electrons. The Kier molecular flexibility index (Phi) is 4.05. The summed E-state index contributed by atoms with van der Waals surface area (Å²) >= 11 is 11.8. The van der Waals surface area contributed by atoms with E-state index in [0.29, 0.717) is 21.5 Å². The molecule has 5 nitrogen and oxygen atoms in total. The number of halogens is 2. The van der Waals surface area contributed by atoms with E-state index in [0.717, 1.165) is 0 Å². The number of benzene rings is 1. The SMILES string of the molecule is Cc1nc(C#N)c(N/N=C/c2ccc(Cl)cc2Cl)o1. The summed E-state index contributed by atoms with van der Waals surface area (Å²) in [6.07, 6.45) is 1.50. The van der Waals surface area contributed by atoms with Gasteiger partial charge in [0.1, 0.15) is 6.07 Å². The van der Waals surface area contributed by atoms with Gasteiger partial charge in [0.2, 0.25) is 5.69 Å². The van der Waals surface area contributed by atoms with Crippen LogP contribution in [-0.4, -0.2) is 11.2 Å². The number of hydrogen-bond acceptors (Lipinski definition) is 5. The topological polar surface area (TPSA) is 74.2 Å². The molecule has 0 aliphatic rings. The summed E-state index contributed by atoms with van der Waals surface area (Å²) < 4.78 is 5.18. The molecule has 2 rings (SSSR count). The van der Waals surface area contributed by atoms with Gasteiger partial charge in [0.15, 0.2) is 5.89 Å². The number of aromatic nitrogens is 1. The minimum atomic E-state index is 0.150. The van der Waals surface area contributed by atoms with Gasteiger partial charge >= 0.3 is 0 Å². The number of anilines is 1. The maximum atomic E-state index is 8.82. The molecule has 1 heterocycles. The van der Waals surface area contributed by atoms with E-state index in [1.807, 2.05) is 6.07 Å². The maximum absolute atomic E-state index is 8.82. The van der Waals surface area contributed by atoms with Crippen LogP contribution in [0.15, 0.2) is 27.7 Å². The van der Waals surface area contributed by atoms with Crippen LogP contribution in [0.25, 0.3) is 0 Å². The Morgan fingerprint density at radius 3 is 2.95 bits per heavy atom. The minimum absolute atomic E-state index is 0.150. The third-order valence-electron chi connectivity index (χ3n) is 2.17. The first-order valence-electron chi connectivity index (χ1n) is 5.22. The number of hydrazone groups is 1. The van der Waals surface area contributed by atoms with Crippen molar-refractivity contribution in [2.75, 3.05) is 5.43 Å². The highest BCUT2D eigenvalue weighted by molar-refractivity contribution is 6.36. The number of rotatable bonds is 3. The summed E-state index contributed by atoms with van der Waals surface area (Å²) in [5.41, 5.74) is 3.44. The second kappa shape index (κ2) is 5.74. The minimum Gasteiger partial charge on any atom is -0.422 e. The monoisotopic (exact) mass is 294 g/mol. The van der Waals surface area contributed by atoms with Gasteiger partial charge in [-0.1, -0.05) is 29.3 Å². The largest absolute Gasteiger partial charge is 0.422 e. The first kappa shape index (κ1) is 13.4. The molecule has 0 saturated carbocycles. The lowest BCUT2D eigenvalue weighted by Crippen LogP contribution is -1.92. The average Bonchev–Trinajstić information content (AvgIpc) is 2.72. The van der Waals surface area contributed by atoms with Crippen LogP contribution in [-0.2, 0) is 0 Å². The van der Waals surface area contributed by atoms with Crippen LogP contribution in [0.1, 0.15) is 17.1 Å². The van der Waals surface area contributed by atoms with Crippen LogP contribution in [0, 0.1) is 18.3 Å². The first-order valence-corrected chi connectivity index (χ1v) is 5.97. The van der Waals surface area contributed by atoms with E-state index in [9.17, 15) is 0 Å². The Hall–Kier alpha value is -2.03. The van der Waals surface area contributed by atoms with Crippen molar-refractivity contribution in [2.24, 2.45) is 5.10 Å². The van der Waals surface area contributed by atoms with Crippen molar-refractivity contribution in [1.82, 2.24) is 4.98 Å². The number of nitrogens with zero attached hydrogens (tertiary/aromatic N) is 3. The summed E-state index contributed by atoms with van der Waals surface area (Å²) in [6.45, 7) is 1.64. The van der Waals surface area contributed by atoms with Gasteiger partial charge in [0.25, 0.3) is 5.88 Å². The molecular weight excluding hydrogens is 287 g/mol. The molecular formula is C12H8Cl2N4O. The van der Waals surface area contributed by atoms with E-state index in [1.165, 1.54) is 6.21 Å². The molecule has 0 radical (unpaired) electrons. The smallest absolute Gasteiger partial charge is 0.252 e. The van der Waals surface area contributed by atoms with Crippen molar-refractivity contribution in [3.63, 3.8) is 0 Å². The summed E-state index contributed by atoms with van der Waals surface area (Å²) in [6, 6.07) is 6.95. The molecule has 0 aliphatic carbocycles. The Morgan fingerprint density at radius 1 is 1.47 bits per heavy atom. The highest BCUT2D eigenvalue weighted by Crippen LogP contribution is 2.20. The van der Waals surface area contributed by atoms with E-state index in [1.54, 1.807) is 25.1 Å². The molecule has 0 fully saturated rings. The predicted octanol–water partition coefficient (Wildman–Crippen LogP) is 3.61. The van der Waals surface area contributed by atoms with Gasteiger partial charge in [-0.05, 0) is 12.1 Å². The molecule has 1 aromatic carbocycles. The molecule has 1 aromatic heterocycles. The molecule has 7 heteroatoms. The number of hydrogen-bond donors (Lipinski definition) is 1. The van der Waals surface area contributed by atoms with Crippen molar-refractivity contribution in [3.8, 4) is 6.07 Å². The Bertz CT molecular complexity index is 673. The highest BCUT2D eigenvalue weighted by Gasteiger charge is 2.08. The first-order chi connectivity index (χ1) is 9.10. The molecule has 2 aromatic rings. The normalized spacial score (nSPS) is 10.6. The Labute approximate surface area is 119 Å². The Balaban J connectivity index is 2.14. The fraction of sp³-hybridized carbons (Fsp3) is 0.0833. The number of oxazole rings is 1. The van der Waals surface area contributed by atoms with Gasteiger partial charge in [-0.15, -0.1) is 0 Å². The van der Waals surface area contributed by atoms with E-state index in [2.05, 4.69) is 15.5 Å². The van der Waals surface area contributed by atoms with Crippen LogP contribution in [0.2, 0.25) is 10.0 Å². The van der Waals surface area contributed by atoms with Crippen LogP contribution >= 0.6 is 23.2 Å². The Morgan fingerprint density at radius 2 is 2.26 bits per heavy atom. The van der Waals surface area contributed by atoms with Gasteiger partial charge < -0.3 is 4.42 Å². The van der Waals surface area contributed by atoms with Gasteiger partial charge in [-0.3, -0.25) is 0 Å². The lowest BCUT2D eigenvalue weighted by atomic mass is 10.2. The molecule has 19 heavy (non-hydrogen) atoms. The van der Waals surface area contributed by atoms with Crippen LogP contribution in [0.5, 0.6) is 0 Å². The highest BCUT2D eigenvalue weighted by atomic mass is 35.5. The zero-order valence-electron chi connectivity index (χ0n) is 9.82. The molecule has 0 unspecified atom stereocenters. The standard InChI is InChI=1S/C12H8Cl2N4O/c1-7-17-11(5-15)12(19-7)18-16-6-8-2-3-9(13)4-10(8)14/h2-4,6,18H,1H3/b16-6+. The molecule has 1 N–H and O–H groups in total. The van der Waals surface area contributed by atoms with Gasteiger partial charge in [-0.2, -0.15) is 10.4 Å². The third kappa shape index (κ3) is 3.25. The van der Waals surface area contributed by atoms with Gasteiger partial charge in [0, 0.05) is 17.5 Å². The zero-order valence-corrected chi connectivity index (χ0v) is 11.3. The zero-order chi connectivity index (χ0) is 13.8. The quantitative estimate of drug-likeness (QED) is 0.693. The van der Waals surface area contributed by atoms with E-state index in [4.69, 9.17) is 32.9 Å². The van der Waals surface area contributed by atoms with Gasteiger partial charge in [-0.25, -0.2) is 10.4 Å². The lowest BCUT2D eigenvalue weighted by Gasteiger charge is -1.98. The summed E-state index contributed by atoms with van der Waals surface area (Å²) in [4.78, 5) is 3.88. The number of aryl methyl sites for hydroxylation is 1. The van der Waals surface area contributed by atoms with Gasteiger partial charge in [0.05, 0.1) is 11.2 Å². The fourth-order valence-corrected chi connectivity index (χ4v) is 1.80. The third-order valence-corrected chi connectivity index (χ3v) is 2.73. The molecule has 0 saturated heterocycles. The fourth-order valence-electron chi connectivity index (χ4n) is 1.35. The molecule has 0 spiro atoms. The van der Waals surface area contributed by atoms with E-state index < -0.39 is 0 Å². The maximum Gasteiger partial charge on any atom is 0.252 e. The van der Waals surface area contributed by atoms with Crippen LogP contribution in [0.4, 0.5) is 5.88 Å². The van der Waals surface area contributed by atoms with E-state index in [-0.39, 0.29) is 11.6 Å². The molecule has 0 atom stereocenters. The molecule has 0 bridgehead atoms. The van der Waals surface area contributed by atoms with E-state index >= 15 is 0 Å². The number of nitrogens with one attached hydrogen (secondary N) is 1. The second-order valence-electron chi connectivity index (χ2n) is 3.56. The van der Waals surface area contributed by atoms with Crippen molar-refractivity contribution < 1.29 is 4.42 Å². The molecule has 0 aliphatic heterocycles. The van der Waals surface area contributed by atoms with Crippen LogP contribution in [0.3, 0.4) is 0 Å². The van der Waals surface area contributed by atoms with Crippen molar-refractivity contribution in [3.05, 3.63) is 45.4 Å². The predicted molar refractivity (Wildman–Crippen MR) is 73.6 cm³/mol. The lowest BCUT2D eigenvalue weighted by molar-refractivity contribution is 0.533. The van der Waals surface area contributed by atoms with Crippen molar-refractivity contribution >= 4 is 35.3 Å². The summed E-state index contributed by atoms with van der Waals surface area (Å²) in [5.74, 6) is 0.583. The molecule has 0 amide bonds. The van der Waals surface area contributed by atoms with Crippen LogP contribution < -0.4 is 5.43 Å². The average molecular weight is 295 g/mol. The van der Waals surface area contributed by atoms with Crippen molar-refractivity contribution in [1.29, 1.82) is 5.26 Å². The number of nitriles is 1. The summed E-state index contributed by atoms with van der Waals surface area (Å²) in [5, 5.41) is 13.8. The van der Waals surface area contributed by atoms with Crippen molar-refractivity contribution in [2.45, 2.75) is 6.92 Å².